The molecule has 2 nitrogen and oxygen atoms in total. The van der Waals surface area contributed by atoms with E-state index in [9.17, 15) is 8.78 Å². The van der Waals surface area contributed by atoms with E-state index in [1.807, 2.05) is 24.3 Å². The van der Waals surface area contributed by atoms with Crippen LogP contribution in [0, 0.1) is 18.6 Å². The van der Waals surface area contributed by atoms with E-state index < -0.39 is 11.6 Å². The summed E-state index contributed by atoms with van der Waals surface area (Å²) in [5.41, 5.74) is 1.98. The molecule has 112 valence electrons. The number of nitrogens with one attached hydrogen (secondary N) is 1. The summed E-state index contributed by atoms with van der Waals surface area (Å²) in [6, 6.07) is 9.92. The monoisotopic (exact) mass is 291 g/mol. The van der Waals surface area contributed by atoms with Crippen LogP contribution in [-0.4, -0.2) is 14.2 Å². The lowest BCUT2D eigenvalue weighted by Gasteiger charge is -2.18. The lowest BCUT2D eigenvalue weighted by molar-refractivity contribution is 0.414. The molecule has 0 bridgehead atoms. The van der Waals surface area contributed by atoms with E-state index >= 15 is 0 Å². The van der Waals surface area contributed by atoms with Gasteiger partial charge in [0.1, 0.15) is 17.4 Å². The van der Waals surface area contributed by atoms with E-state index in [2.05, 4.69) is 5.32 Å². The number of hydrogen-bond acceptors (Lipinski definition) is 2. The van der Waals surface area contributed by atoms with Crippen molar-refractivity contribution in [2.45, 2.75) is 19.4 Å². The van der Waals surface area contributed by atoms with Gasteiger partial charge in [0, 0.05) is 17.7 Å². The third-order valence-electron chi connectivity index (χ3n) is 3.60. The van der Waals surface area contributed by atoms with E-state index in [1.54, 1.807) is 27.1 Å². The summed E-state index contributed by atoms with van der Waals surface area (Å²) in [6.45, 7) is 1.64. The lowest BCUT2D eigenvalue weighted by atomic mass is 9.97. The molecule has 0 aliphatic rings. The molecule has 0 spiro atoms. The third kappa shape index (κ3) is 3.58. The Morgan fingerprint density at radius 1 is 1.10 bits per heavy atom. The second-order valence-electron chi connectivity index (χ2n) is 5.02. The summed E-state index contributed by atoms with van der Waals surface area (Å²) in [7, 11) is 3.38. The summed E-state index contributed by atoms with van der Waals surface area (Å²) in [6.07, 6.45) is 0.614. The van der Waals surface area contributed by atoms with Gasteiger partial charge in [-0.05, 0) is 49.7 Å². The Kier molecular flexibility index (Phi) is 4.91. The molecule has 0 fully saturated rings. The Bertz CT molecular complexity index is 611. The van der Waals surface area contributed by atoms with Gasteiger partial charge in [-0.25, -0.2) is 8.78 Å². The van der Waals surface area contributed by atoms with Gasteiger partial charge in [0.2, 0.25) is 0 Å². The van der Waals surface area contributed by atoms with Crippen LogP contribution in [0.25, 0.3) is 0 Å². The van der Waals surface area contributed by atoms with Crippen LogP contribution in [0.2, 0.25) is 0 Å². The van der Waals surface area contributed by atoms with Crippen molar-refractivity contribution < 1.29 is 13.5 Å². The topological polar surface area (TPSA) is 21.3 Å². The molecule has 2 aromatic carbocycles. The van der Waals surface area contributed by atoms with Gasteiger partial charge in [-0.15, -0.1) is 0 Å². The normalized spacial score (nSPS) is 12.2. The molecular formula is C17H19F2NO. The fraction of sp³-hybridized carbons (Fsp3) is 0.294. The highest BCUT2D eigenvalue weighted by molar-refractivity contribution is 5.32. The van der Waals surface area contributed by atoms with E-state index in [0.717, 1.165) is 17.4 Å². The maximum atomic E-state index is 14.0. The number of likely N-dealkylation sites (N-methyl/N-ethyl adjacent to an activating group) is 1. The van der Waals surface area contributed by atoms with Crippen molar-refractivity contribution in [3.8, 4) is 5.75 Å². The van der Waals surface area contributed by atoms with Gasteiger partial charge in [-0.2, -0.15) is 0 Å². The second-order valence-corrected chi connectivity index (χ2v) is 5.02. The first-order valence-electron chi connectivity index (χ1n) is 6.81. The fourth-order valence-corrected chi connectivity index (χ4v) is 2.31. The molecule has 1 N–H and O–H groups in total. The second kappa shape index (κ2) is 6.68. The van der Waals surface area contributed by atoms with Crippen LogP contribution in [0.1, 0.15) is 22.7 Å². The van der Waals surface area contributed by atoms with Crippen LogP contribution in [0.15, 0.2) is 36.4 Å². The zero-order chi connectivity index (χ0) is 15.4. The summed E-state index contributed by atoms with van der Waals surface area (Å²) < 4.78 is 32.5. The maximum Gasteiger partial charge on any atom is 0.130 e. The van der Waals surface area contributed by atoms with Crippen molar-refractivity contribution in [3.63, 3.8) is 0 Å². The highest BCUT2D eigenvalue weighted by atomic mass is 19.1. The molecule has 2 rings (SSSR count). The quantitative estimate of drug-likeness (QED) is 0.905. The van der Waals surface area contributed by atoms with Crippen LogP contribution < -0.4 is 10.1 Å². The number of rotatable bonds is 5. The highest BCUT2D eigenvalue weighted by Crippen LogP contribution is 2.24. The predicted octanol–water partition coefficient (Wildman–Crippen LogP) is 3.79. The first-order chi connectivity index (χ1) is 10.0. The van der Waals surface area contributed by atoms with Crippen LogP contribution in [0.4, 0.5) is 8.78 Å². The molecule has 2 aromatic rings. The Balaban J connectivity index is 2.25. The fourth-order valence-electron chi connectivity index (χ4n) is 2.31. The van der Waals surface area contributed by atoms with Gasteiger partial charge in [0.25, 0.3) is 0 Å². The highest BCUT2D eigenvalue weighted by Gasteiger charge is 2.16. The summed E-state index contributed by atoms with van der Waals surface area (Å²) in [5, 5.41) is 3.09. The first-order valence-corrected chi connectivity index (χ1v) is 6.81. The van der Waals surface area contributed by atoms with Crippen LogP contribution in [0.3, 0.4) is 0 Å². The average Bonchev–Trinajstić information content (AvgIpc) is 2.49. The molecule has 0 radical (unpaired) electrons. The van der Waals surface area contributed by atoms with Crippen molar-refractivity contribution in [2.75, 3.05) is 14.2 Å². The van der Waals surface area contributed by atoms with Gasteiger partial charge >= 0.3 is 0 Å². The van der Waals surface area contributed by atoms with Gasteiger partial charge in [0.05, 0.1) is 7.11 Å². The molecule has 4 heteroatoms. The SMILES string of the molecule is CNC(Cc1ccc(OC)cc1)c1cc(C)c(F)cc1F. The third-order valence-corrected chi connectivity index (χ3v) is 3.60. The van der Waals surface area contributed by atoms with E-state index in [0.29, 0.717) is 17.5 Å². The lowest BCUT2D eigenvalue weighted by Crippen LogP contribution is -2.20. The molecule has 21 heavy (non-hydrogen) atoms. The molecule has 0 aliphatic heterocycles. The Morgan fingerprint density at radius 2 is 1.76 bits per heavy atom. The van der Waals surface area contributed by atoms with Crippen molar-refractivity contribution >= 4 is 0 Å². The maximum absolute atomic E-state index is 14.0. The predicted molar refractivity (Wildman–Crippen MR) is 79.6 cm³/mol. The summed E-state index contributed by atoms with van der Waals surface area (Å²) >= 11 is 0. The number of halogens is 2. The van der Waals surface area contributed by atoms with Crippen molar-refractivity contribution in [2.24, 2.45) is 0 Å². The minimum Gasteiger partial charge on any atom is -0.497 e. The zero-order valence-corrected chi connectivity index (χ0v) is 12.4. The molecule has 1 atom stereocenters. The minimum absolute atomic E-state index is 0.210. The van der Waals surface area contributed by atoms with E-state index in [4.69, 9.17) is 4.74 Å². The first kappa shape index (κ1) is 15.4. The number of methoxy groups -OCH3 is 1. The number of aryl methyl sites for hydroxylation is 1. The standard InChI is InChI=1S/C17H19F2NO/c1-11-8-14(16(19)10-15(11)18)17(20-2)9-12-4-6-13(21-3)7-5-12/h4-8,10,17,20H,9H2,1-3H3. The zero-order valence-electron chi connectivity index (χ0n) is 12.4. The van der Waals surface area contributed by atoms with Gasteiger partial charge in [-0.3, -0.25) is 0 Å². The minimum atomic E-state index is -0.522. The number of benzene rings is 2. The van der Waals surface area contributed by atoms with Crippen molar-refractivity contribution in [3.05, 3.63) is 64.7 Å². The largest absolute Gasteiger partial charge is 0.497 e. The Hall–Kier alpha value is -1.94. The molecule has 0 saturated heterocycles. The van der Waals surface area contributed by atoms with Gasteiger partial charge in [0.15, 0.2) is 0 Å². The van der Waals surface area contributed by atoms with Crippen LogP contribution in [0.5, 0.6) is 5.75 Å². The molecular weight excluding hydrogens is 272 g/mol. The smallest absolute Gasteiger partial charge is 0.130 e. The van der Waals surface area contributed by atoms with Gasteiger partial charge < -0.3 is 10.1 Å². The summed E-state index contributed by atoms with van der Waals surface area (Å²) in [5.74, 6) is -0.259. The summed E-state index contributed by atoms with van der Waals surface area (Å²) in [4.78, 5) is 0. The molecule has 0 heterocycles. The Morgan fingerprint density at radius 3 is 2.33 bits per heavy atom. The molecule has 0 amide bonds. The number of hydrogen-bond donors (Lipinski definition) is 1. The van der Waals surface area contributed by atoms with Crippen molar-refractivity contribution in [1.82, 2.24) is 5.32 Å². The van der Waals surface area contributed by atoms with Crippen LogP contribution in [-0.2, 0) is 6.42 Å². The Labute approximate surface area is 123 Å². The van der Waals surface area contributed by atoms with Gasteiger partial charge in [-0.1, -0.05) is 12.1 Å². The van der Waals surface area contributed by atoms with Crippen LogP contribution >= 0.6 is 0 Å². The number of ether oxygens (including phenoxy) is 1. The molecule has 1 unspecified atom stereocenters. The molecule has 0 aliphatic carbocycles. The van der Waals surface area contributed by atoms with Crippen molar-refractivity contribution in [1.29, 1.82) is 0 Å². The van der Waals surface area contributed by atoms with E-state index in [-0.39, 0.29) is 6.04 Å². The molecule has 0 saturated carbocycles. The van der Waals surface area contributed by atoms with E-state index in [1.165, 1.54) is 0 Å². The average molecular weight is 291 g/mol. The molecule has 0 aromatic heterocycles.